The van der Waals surface area contributed by atoms with Gasteiger partial charge in [-0.1, -0.05) is 32.1 Å². The Hall–Kier alpha value is -0.900. The number of hydrogen-bond acceptors (Lipinski definition) is 2. The summed E-state index contributed by atoms with van der Waals surface area (Å²) in [5.74, 6) is -0.644. The fourth-order valence-electron chi connectivity index (χ4n) is 2.99. The van der Waals surface area contributed by atoms with E-state index in [9.17, 15) is 9.90 Å². The standard InChI is InChI=1S/C15H20BrNO2/c16-13-8-12(10-17-11-13)9-15(14(18)19)6-4-2-1-3-5-7-15/h8,10-11H,1-7,9H2,(H,18,19). The van der Waals surface area contributed by atoms with Gasteiger partial charge in [0.1, 0.15) is 0 Å². The van der Waals surface area contributed by atoms with Crippen LogP contribution in [0.15, 0.2) is 22.9 Å². The maximum absolute atomic E-state index is 11.8. The van der Waals surface area contributed by atoms with Gasteiger partial charge in [-0.15, -0.1) is 0 Å². The van der Waals surface area contributed by atoms with Gasteiger partial charge in [-0.2, -0.15) is 0 Å². The first-order valence-corrected chi connectivity index (χ1v) is 7.75. The van der Waals surface area contributed by atoms with Crippen LogP contribution in [0.4, 0.5) is 0 Å². The maximum Gasteiger partial charge on any atom is 0.309 e. The number of hydrogen-bond donors (Lipinski definition) is 1. The highest BCUT2D eigenvalue weighted by Gasteiger charge is 2.38. The molecule has 0 amide bonds. The van der Waals surface area contributed by atoms with Crippen LogP contribution in [-0.2, 0) is 11.2 Å². The molecule has 2 rings (SSSR count). The summed E-state index contributed by atoms with van der Waals surface area (Å²) >= 11 is 3.40. The molecule has 104 valence electrons. The van der Waals surface area contributed by atoms with Crippen molar-refractivity contribution < 1.29 is 9.90 Å². The molecule has 1 saturated carbocycles. The van der Waals surface area contributed by atoms with E-state index in [1.54, 1.807) is 12.4 Å². The van der Waals surface area contributed by atoms with E-state index in [0.717, 1.165) is 48.6 Å². The number of aliphatic carboxylic acids is 1. The van der Waals surface area contributed by atoms with Crippen LogP contribution >= 0.6 is 15.9 Å². The average molecular weight is 326 g/mol. The van der Waals surface area contributed by atoms with Crippen LogP contribution in [0.25, 0.3) is 0 Å². The fourth-order valence-corrected chi connectivity index (χ4v) is 3.40. The lowest BCUT2D eigenvalue weighted by Gasteiger charge is -2.31. The smallest absolute Gasteiger partial charge is 0.309 e. The van der Waals surface area contributed by atoms with Crippen molar-refractivity contribution in [2.24, 2.45) is 5.41 Å². The summed E-state index contributed by atoms with van der Waals surface area (Å²) in [5.41, 5.74) is 0.417. The van der Waals surface area contributed by atoms with Crippen LogP contribution in [0.3, 0.4) is 0 Å². The zero-order chi connectivity index (χ0) is 13.7. The second kappa shape index (κ2) is 6.51. The molecule has 0 unspecified atom stereocenters. The molecule has 1 aliphatic rings. The van der Waals surface area contributed by atoms with Crippen molar-refractivity contribution in [1.82, 2.24) is 4.98 Å². The minimum absolute atomic E-state index is 0.592. The molecular formula is C15H20BrNO2. The monoisotopic (exact) mass is 325 g/mol. The van der Waals surface area contributed by atoms with E-state index in [2.05, 4.69) is 20.9 Å². The Kier molecular flexibility index (Phi) is 4.97. The second-order valence-corrected chi connectivity index (χ2v) is 6.46. The Morgan fingerprint density at radius 1 is 1.21 bits per heavy atom. The van der Waals surface area contributed by atoms with E-state index < -0.39 is 11.4 Å². The number of pyridine rings is 1. The first-order chi connectivity index (χ1) is 9.12. The number of carbonyl (C=O) groups is 1. The molecule has 1 heterocycles. The second-order valence-electron chi connectivity index (χ2n) is 5.54. The van der Waals surface area contributed by atoms with Crippen LogP contribution in [0.1, 0.15) is 50.5 Å². The van der Waals surface area contributed by atoms with E-state index in [4.69, 9.17) is 0 Å². The zero-order valence-corrected chi connectivity index (χ0v) is 12.7. The quantitative estimate of drug-likeness (QED) is 0.905. The Morgan fingerprint density at radius 2 is 1.84 bits per heavy atom. The number of rotatable bonds is 3. The minimum Gasteiger partial charge on any atom is -0.481 e. The first-order valence-electron chi connectivity index (χ1n) is 6.95. The number of halogens is 1. The summed E-state index contributed by atoms with van der Waals surface area (Å²) in [6, 6.07) is 1.98. The van der Waals surface area contributed by atoms with Crippen LogP contribution in [0, 0.1) is 5.41 Å². The molecule has 1 aromatic rings. The number of carboxylic acid groups (broad SMARTS) is 1. The van der Waals surface area contributed by atoms with Gasteiger partial charge in [0.2, 0.25) is 0 Å². The summed E-state index contributed by atoms with van der Waals surface area (Å²) in [4.78, 5) is 15.9. The Labute approximate surface area is 122 Å². The molecular weight excluding hydrogens is 306 g/mol. The molecule has 1 N–H and O–H groups in total. The van der Waals surface area contributed by atoms with Gasteiger partial charge < -0.3 is 5.11 Å². The van der Waals surface area contributed by atoms with Gasteiger partial charge in [0, 0.05) is 16.9 Å². The number of carboxylic acids is 1. The highest BCUT2D eigenvalue weighted by molar-refractivity contribution is 9.10. The van der Waals surface area contributed by atoms with Crippen molar-refractivity contribution in [3.63, 3.8) is 0 Å². The van der Waals surface area contributed by atoms with Gasteiger partial charge in [-0.3, -0.25) is 9.78 Å². The lowest BCUT2D eigenvalue weighted by Crippen LogP contribution is -2.34. The highest BCUT2D eigenvalue weighted by Crippen LogP contribution is 2.37. The molecule has 0 spiro atoms. The van der Waals surface area contributed by atoms with E-state index >= 15 is 0 Å². The Balaban J connectivity index is 2.20. The maximum atomic E-state index is 11.8. The van der Waals surface area contributed by atoms with Gasteiger partial charge in [-0.05, 0) is 46.8 Å². The molecule has 0 bridgehead atoms. The van der Waals surface area contributed by atoms with Crippen LogP contribution < -0.4 is 0 Å². The molecule has 1 aromatic heterocycles. The molecule has 0 saturated heterocycles. The largest absolute Gasteiger partial charge is 0.481 e. The SMILES string of the molecule is O=C(O)C1(Cc2cncc(Br)c2)CCCCCCC1. The normalized spacial score (nSPS) is 19.4. The van der Waals surface area contributed by atoms with Crippen molar-refractivity contribution in [2.45, 2.75) is 51.4 Å². The number of nitrogens with zero attached hydrogens (tertiary/aromatic N) is 1. The van der Waals surface area contributed by atoms with Crippen LogP contribution in [0.2, 0.25) is 0 Å². The molecule has 0 aromatic carbocycles. The predicted molar refractivity (Wildman–Crippen MR) is 78.0 cm³/mol. The molecule has 0 atom stereocenters. The predicted octanol–water partition coefficient (Wildman–Crippen LogP) is 4.20. The summed E-state index contributed by atoms with van der Waals surface area (Å²) in [6.07, 6.45) is 11.3. The third-order valence-electron chi connectivity index (χ3n) is 4.07. The highest BCUT2D eigenvalue weighted by atomic mass is 79.9. The Morgan fingerprint density at radius 3 is 2.42 bits per heavy atom. The molecule has 4 heteroatoms. The molecule has 19 heavy (non-hydrogen) atoms. The lowest BCUT2D eigenvalue weighted by atomic mass is 9.72. The van der Waals surface area contributed by atoms with E-state index in [1.165, 1.54) is 6.42 Å². The van der Waals surface area contributed by atoms with Crippen molar-refractivity contribution >= 4 is 21.9 Å². The Bertz CT molecular complexity index is 440. The lowest BCUT2D eigenvalue weighted by molar-refractivity contribution is -0.150. The van der Waals surface area contributed by atoms with E-state index in [0.29, 0.717) is 6.42 Å². The average Bonchev–Trinajstić information content (AvgIpc) is 2.32. The van der Waals surface area contributed by atoms with Crippen molar-refractivity contribution in [2.75, 3.05) is 0 Å². The van der Waals surface area contributed by atoms with Crippen LogP contribution in [0.5, 0.6) is 0 Å². The summed E-state index contributed by atoms with van der Waals surface area (Å²) in [6.45, 7) is 0. The molecule has 0 aliphatic heterocycles. The number of aromatic nitrogens is 1. The van der Waals surface area contributed by atoms with Crippen molar-refractivity contribution in [3.05, 3.63) is 28.5 Å². The van der Waals surface area contributed by atoms with Crippen LogP contribution in [-0.4, -0.2) is 16.1 Å². The van der Waals surface area contributed by atoms with Gasteiger partial charge >= 0.3 is 5.97 Å². The summed E-state index contributed by atoms with van der Waals surface area (Å²) in [7, 11) is 0. The van der Waals surface area contributed by atoms with E-state index in [1.807, 2.05) is 6.07 Å². The molecule has 0 radical (unpaired) electrons. The third kappa shape index (κ3) is 3.78. The molecule has 1 aliphatic carbocycles. The minimum atomic E-state index is -0.644. The van der Waals surface area contributed by atoms with Gasteiger partial charge in [0.15, 0.2) is 0 Å². The van der Waals surface area contributed by atoms with Gasteiger partial charge in [-0.25, -0.2) is 0 Å². The molecule has 1 fully saturated rings. The zero-order valence-electron chi connectivity index (χ0n) is 11.1. The molecule has 3 nitrogen and oxygen atoms in total. The van der Waals surface area contributed by atoms with Gasteiger partial charge in [0.05, 0.1) is 5.41 Å². The van der Waals surface area contributed by atoms with E-state index in [-0.39, 0.29) is 0 Å². The topological polar surface area (TPSA) is 50.2 Å². The summed E-state index contributed by atoms with van der Waals surface area (Å²) < 4.78 is 0.913. The third-order valence-corrected chi connectivity index (χ3v) is 4.50. The fraction of sp³-hybridized carbons (Fsp3) is 0.600. The first kappa shape index (κ1) is 14.5. The summed E-state index contributed by atoms with van der Waals surface area (Å²) in [5, 5.41) is 9.70. The van der Waals surface area contributed by atoms with Crippen molar-refractivity contribution in [1.29, 1.82) is 0 Å². The van der Waals surface area contributed by atoms with Gasteiger partial charge in [0.25, 0.3) is 0 Å². The van der Waals surface area contributed by atoms with Crippen molar-refractivity contribution in [3.8, 4) is 0 Å².